The van der Waals surface area contributed by atoms with Gasteiger partial charge < -0.3 is 19.9 Å². The van der Waals surface area contributed by atoms with Crippen molar-refractivity contribution in [3.05, 3.63) is 53.3 Å². The molecule has 1 fully saturated rings. The topological polar surface area (TPSA) is 100 Å². The van der Waals surface area contributed by atoms with E-state index in [-0.39, 0.29) is 11.1 Å². The van der Waals surface area contributed by atoms with Gasteiger partial charge in [-0.05, 0) is 32.9 Å². The summed E-state index contributed by atoms with van der Waals surface area (Å²) in [6, 6.07) is 4.44. The van der Waals surface area contributed by atoms with Crippen molar-refractivity contribution in [3.63, 3.8) is 0 Å². The number of amides is 1. The molecule has 3 aromatic heterocycles. The molecular weight excluding hydrogens is 428 g/mol. The maximum Gasteiger partial charge on any atom is 0.259 e. The number of anilines is 2. The second kappa shape index (κ2) is 7.99. The number of aromatic nitrogens is 5. The van der Waals surface area contributed by atoms with Gasteiger partial charge in [0.15, 0.2) is 16.6 Å². The number of imidazole rings is 1. The summed E-state index contributed by atoms with van der Waals surface area (Å²) >= 11 is 6.25. The zero-order valence-electron chi connectivity index (χ0n) is 18.0. The van der Waals surface area contributed by atoms with Crippen LogP contribution in [-0.4, -0.2) is 55.4 Å². The number of halogens is 1. The number of nitrogens with one attached hydrogen (secondary N) is 2. The molecule has 0 aliphatic carbocycles. The van der Waals surface area contributed by atoms with Crippen LogP contribution in [0.15, 0.2) is 36.9 Å². The third kappa shape index (κ3) is 3.74. The highest BCUT2D eigenvalue weighted by Gasteiger charge is 2.24. The highest BCUT2D eigenvalue weighted by atomic mass is 35.5. The first kappa shape index (κ1) is 20.6. The quantitative estimate of drug-likeness (QED) is 0.494. The largest absolute Gasteiger partial charge is 0.367 e. The third-order valence-electron chi connectivity index (χ3n) is 5.51. The number of piperazine rings is 1. The standard InChI is InChI=1S/C22H23ClN8O/c1-12-8-30(9-13(2)26-12)16-5-4-15(18-19(16)25-7-6-24-18)22(32)29-17-11-31-10-14(3)27-21(31)20(23)28-17/h4-7,10-13,26H,8-9H2,1-3H3,(H,29,32)/t12-,13-/m1/s1. The fourth-order valence-electron chi connectivity index (χ4n) is 4.33. The summed E-state index contributed by atoms with van der Waals surface area (Å²) in [7, 11) is 0. The Balaban J connectivity index is 1.50. The number of aryl methyl sites for hydroxylation is 1. The fraction of sp³-hybridized carbons (Fsp3) is 0.318. The van der Waals surface area contributed by atoms with Crippen molar-refractivity contribution in [1.82, 2.24) is 29.7 Å². The van der Waals surface area contributed by atoms with Crippen LogP contribution in [0.5, 0.6) is 0 Å². The lowest BCUT2D eigenvalue weighted by atomic mass is 10.1. The molecule has 0 saturated carbocycles. The predicted octanol–water partition coefficient (Wildman–Crippen LogP) is 3.07. The number of carbonyl (C=O) groups is 1. The molecule has 9 nitrogen and oxygen atoms in total. The fourth-order valence-corrected chi connectivity index (χ4v) is 4.56. The number of rotatable bonds is 3. The van der Waals surface area contributed by atoms with Gasteiger partial charge in [-0.25, -0.2) is 9.97 Å². The zero-order valence-corrected chi connectivity index (χ0v) is 18.8. The molecule has 164 valence electrons. The van der Waals surface area contributed by atoms with E-state index in [1.165, 1.54) is 0 Å². The lowest BCUT2D eigenvalue weighted by Gasteiger charge is -2.38. The van der Waals surface area contributed by atoms with Gasteiger partial charge in [0.05, 0.1) is 23.1 Å². The summed E-state index contributed by atoms with van der Waals surface area (Å²) in [6.45, 7) is 7.90. The molecule has 10 heteroatoms. The van der Waals surface area contributed by atoms with Crippen molar-refractivity contribution in [2.24, 2.45) is 0 Å². The Hall–Kier alpha value is -3.30. The number of hydrogen-bond acceptors (Lipinski definition) is 7. The molecule has 4 heterocycles. The first-order chi connectivity index (χ1) is 15.4. The van der Waals surface area contributed by atoms with Crippen LogP contribution in [-0.2, 0) is 0 Å². The molecule has 0 bridgehead atoms. The normalized spacial score (nSPS) is 18.9. The zero-order chi connectivity index (χ0) is 22.4. The van der Waals surface area contributed by atoms with Crippen molar-refractivity contribution in [2.75, 3.05) is 23.3 Å². The second-order valence-electron chi connectivity index (χ2n) is 8.24. The summed E-state index contributed by atoms with van der Waals surface area (Å²) in [6.07, 6.45) is 6.76. The first-order valence-electron chi connectivity index (χ1n) is 10.5. The van der Waals surface area contributed by atoms with Gasteiger partial charge in [0, 0.05) is 43.8 Å². The van der Waals surface area contributed by atoms with Crippen LogP contribution in [0, 0.1) is 6.92 Å². The van der Waals surface area contributed by atoms with Crippen LogP contribution in [0.25, 0.3) is 16.7 Å². The molecule has 0 unspecified atom stereocenters. The molecule has 1 amide bonds. The number of fused-ring (bicyclic) bond motifs is 2. The average Bonchev–Trinajstić information content (AvgIpc) is 3.13. The lowest BCUT2D eigenvalue weighted by molar-refractivity contribution is 0.102. The minimum Gasteiger partial charge on any atom is -0.367 e. The van der Waals surface area contributed by atoms with E-state index < -0.39 is 0 Å². The van der Waals surface area contributed by atoms with Gasteiger partial charge in [-0.1, -0.05) is 11.6 Å². The van der Waals surface area contributed by atoms with Crippen LogP contribution >= 0.6 is 11.6 Å². The van der Waals surface area contributed by atoms with Crippen LogP contribution in [0.2, 0.25) is 5.15 Å². The summed E-state index contributed by atoms with van der Waals surface area (Å²) < 4.78 is 1.74. The Morgan fingerprint density at radius 1 is 1.09 bits per heavy atom. The predicted molar refractivity (Wildman–Crippen MR) is 124 cm³/mol. The molecule has 1 aromatic carbocycles. The van der Waals surface area contributed by atoms with Gasteiger partial charge in [-0.15, -0.1) is 0 Å². The van der Waals surface area contributed by atoms with Crippen molar-refractivity contribution in [2.45, 2.75) is 32.9 Å². The van der Waals surface area contributed by atoms with Gasteiger partial charge in [-0.3, -0.25) is 14.8 Å². The van der Waals surface area contributed by atoms with E-state index in [0.29, 0.717) is 40.1 Å². The summed E-state index contributed by atoms with van der Waals surface area (Å²) in [5.41, 5.74) is 4.00. The Labute approximate surface area is 189 Å². The number of benzene rings is 1. The molecule has 0 spiro atoms. The van der Waals surface area contributed by atoms with E-state index in [4.69, 9.17) is 11.6 Å². The van der Waals surface area contributed by atoms with Crippen LogP contribution in [0.1, 0.15) is 29.9 Å². The highest BCUT2D eigenvalue weighted by molar-refractivity contribution is 6.32. The van der Waals surface area contributed by atoms with Crippen molar-refractivity contribution < 1.29 is 4.79 Å². The SMILES string of the molecule is Cc1cn2cc(NC(=O)c3ccc(N4C[C@@H](C)N[C@H](C)C4)c4nccnc34)nc(Cl)c2n1. The molecular formula is C22H23ClN8O. The van der Waals surface area contributed by atoms with Gasteiger partial charge in [-0.2, -0.15) is 0 Å². The van der Waals surface area contributed by atoms with E-state index in [1.54, 1.807) is 29.1 Å². The maximum absolute atomic E-state index is 13.2. The Kier molecular flexibility index (Phi) is 5.15. The molecule has 1 aliphatic rings. The minimum absolute atomic E-state index is 0.220. The highest BCUT2D eigenvalue weighted by Crippen LogP contribution is 2.28. The molecule has 2 N–H and O–H groups in total. The van der Waals surface area contributed by atoms with E-state index in [2.05, 4.69) is 49.3 Å². The summed E-state index contributed by atoms with van der Waals surface area (Å²) in [5.74, 6) is -0.000350. The molecule has 32 heavy (non-hydrogen) atoms. The average molecular weight is 451 g/mol. The Morgan fingerprint density at radius 3 is 2.56 bits per heavy atom. The van der Waals surface area contributed by atoms with E-state index in [1.807, 2.05) is 19.2 Å². The molecule has 0 radical (unpaired) electrons. The number of carbonyl (C=O) groups excluding carboxylic acids is 1. The summed E-state index contributed by atoms with van der Waals surface area (Å²) in [5, 5.41) is 6.59. The first-order valence-corrected chi connectivity index (χ1v) is 10.8. The van der Waals surface area contributed by atoms with E-state index in [0.717, 1.165) is 24.5 Å². The van der Waals surface area contributed by atoms with Crippen molar-refractivity contribution in [1.29, 1.82) is 0 Å². The van der Waals surface area contributed by atoms with Gasteiger partial charge in [0.25, 0.3) is 5.91 Å². The van der Waals surface area contributed by atoms with Crippen LogP contribution in [0.4, 0.5) is 11.5 Å². The third-order valence-corrected chi connectivity index (χ3v) is 5.76. The Bertz CT molecular complexity index is 1330. The van der Waals surface area contributed by atoms with Crippen molar-refractivity contribution >= 4 is 45.7 Å². The van der Waals surface area contributed by atoms with Crippen molar-refractivity contribution in [3.8, 4) is 0 Å². The van der Waals surface area contributed by atoms with Crippen LogP contribution in [0.3, 0.4) is 0 Å². The number of nitrogens with zero attached hydrogens (tertiary/aromatic N) is 6. The maximum atomic E-state index is 13.2. The lowest BCUT2D eigenvalue weighted by Crippen LogP contribution is -2.54. The molecule has 4 aromatic rings. The smallest absolute Gasteiger partial charge is 0.259 e. The van der Waals surface area contributed by atoms with E-state index >= 15 is 0 Å². The van der Waals surface area contributed by atoms with Crippen LogP contribution < -0.4 is 15.5 Å². The number of hydrogen-bond donors (Lipinski definition) is 2. The molecule has 5 rings (SSSR count). The Morgan fingerprint density at radius 2 is 1.81 bits per heavy atom. The summed E-state index contributed by atoms with van der Waals surface area (Å²) in [4.78, 5) is 33.1. The molecule has 1 saturated heterocycles. The second-order valence-corrected chi connectivity index (χ2v) is 8.60. The van der Waals surface area contributed by atoms with E-state index in [9.17, 15) is 4.79 Å². The van der Waals surface area contributed by atoms with Gasteiger partial charge in [0.2, 0.25) is 0 Å². The van der Waals surface area contributed by atoms with Gasteiger partial charge in [0.1, 0.15) is 11.0 Å². The minimum atomic E-state index is -0.330. The molecule has 2 atom stereocenters. The molecule has 1 aliphatic heterocycles. The van der Waals surface area contributed by atoms with Gasteiger partial charge >= 0.3 is 0 Å². The monoisotopic (exact) mass is 450 g/mol.